The fraction of sp³-hybridized carbons (Fsp3) is 0.471. The Morgan fingerprint density at radius 3 is 2.58 bits per heavy atom. The maximum Gasteiger partial charge on any atom is 0.319 e. The standard InChI is InChI=1S/C17H22N4O3/c22-15(21-8-1-2-9-21)11-18-17(24)20-14-5-3-4-12(10-14)16(23)19-13-6-7-13/h3-5,10,13H,1-2,6-9,11H2,(H,19,23)(H2,18,20,24). The predicted molar refractivity (Wildman–Crippen MR) is 89.8 cm³/mol. The van der Waals surface area contributed by atoms with Gasteiger partial charge in [-0.3, -0.25) is 9.59 Å². The lowest BCUT2D eigenvalue weighted by molar-refractivity contribution is -0.128. The zero-order valence-electron chi connectivity index (χ0n) is 13.5. The second kappa shape index (κ2) is 7.33. The first-order valence-electron chi connectivity index (χ1n) is 8.35. The van der Waals surface area contributed by atoms with Crippen molar-refractivity contribution in [2.45, 2.75) is 31.7 Å². The van der Waals surface area contributed by atoms with E-state index in [0.29, 0.717) is 11.3 Å². The molecule has 7 nitrogen and oxygen atoms in total. The van der Waals surface area contributed by atoms with Crippen LogP contribution in [-0.4, -0.2) is 48.4 Å². The van der Waals surface area contributed by atoms with Gasteiger partial charge in [0.1, 0.15) is 0 Å². The molecule has 1 aromatic carbocycles. The fourth-order valence-electron chi connectivity index (χ4n) is 2.64. The molecule has 24 heavy (non-hydrogen) atoms. The molecule has 0 atom stereocenters. The largest absolute Gasteiger partial charge is 0.349 e. The minimum Gasteiger partial charge on any atom is -0.349 e. The lowest BCUT2D eigenvalue weighted by atomic mass is 10.2. The smallest absolute Gasteiger partial charge is 0.319 e. The van der Waals surface area contributed by atoms with Gasteiger partial charge in [0.2, 0.25) is 5.91 Å². The monoisotopic (exact) mass is 330 g/mol. The topological polar surface area (TPSA) is 90.5 Å². The van der Waals surface area contributed by atoms with Gasteiger partial charge in [0.05, 0.1) is 6.54 Å². The maximum absolute atomic E-state index is 12.0. The van der Waals surface area contributed by atoms with E-state index in [1.54, 1.807) is 29.2 Å². The number of likely N-dealkylation sites (tertiary alicyclic amines) is 1. The molecular weight excluding hydrogens is 308 g/mol. The highest BCUT2D eigenvalue weighted by molar-refractivity contribution is 5.97. The van der Waals surface area contributed by atoms with Crippen molar-refractivity contribution in [1.82, 2.24) is 15.5 Å². The number of benzene rings is 1. The second-order valence-corrected chi connectivity index (χ2v) is 6.22. The number of amides is 4. The van der Waals surface area contributed by atoms with Crippen LogP contribution < -0.4 is 16.0 Å². The van der Waals surface area contributed by atoms with Gasteiger partial charge in [-0.25, -0.2) is 4.79 Å². The van der Waals surface area contributed by atoms with Crippen LogP contribution in [0.1, 0.15) is 36.0 Å². The molecule has 2 fully saturated rings. The van der Waals surface area contributed by atoms with Crippen molar-refractivity contribution in [2.75, 3.05) is 25.0 Å². The molecule has 4 amide bonds. The molecule has 0 spiro atoms. The Kier molecular flexibility index (Phi) is 4.98. The summed E-state index contributed by atoms with van der Waals surface area (Å²) in [6, 6.07) is 6.58. The maximum atomic E-state index is 12.0. The van der Waals surface area contributed by atoms with Crippen LogP contribution in [-0.2, 0) is 4.79 Å². The summed E-state index contributed by atoms with van der Waals surface area (Å²) >= 11 is 0. The summed E-state index contributed by atoms with van der Waals surface area (Å²) in [5.41, 5.74) is 1.03. The molecule has 1 saturated carbocycles. The number of nitrogens with one attached hydrogen (secondary N) is 3. The Hall–Kier alpha value is -2.57. The van der Waals surface area contributed by atoms with Crippen molar-refractivity contribution >= 4 is 23.5 Å². The van der Waals surface area contributed by atoms with E-state index in [1.807, 2.05) is 0 Å². The van der Waals surface area contributed by atoms with Crippen LogP contribution in [0.5, 0.6) is 0 Å². The highest BCUT2D eigenvalue weighted by atomic mass is 16.2. The van der Waals surface area contributed by atoms with Crippen molar-refractivity contribution in [3.63, 3.8) is 0 Å². The van der Waals surface area contributed by atoms with E-state index in [4.69, 9.17) is 0 Å². The Bertz CT molecular complexity index is 636. The van der Waals surface area contributed by atoms with Crippen LogP contribution in [0.15, 0.2) is 24.3 Å². The summed E-state index contributed by atoms with van der Waals surface area (Å²) in [4.78, 5) is 37.6. The molecule has 128 valence electrons. The average molecular weight is 330 g/mol. The Labute approximate surface area is 140 Å². The number of carbonyl (C=O) groups excluding carboxylic acids is 3. The highest BCUT2D eigenvalue weighted by Crippen LogP contribution is 2.20. The summed E-state index contributed by atoms with van der Waals surface area (Å²) in [5, 5.41) is 8.11. The van der Waals surface area contributed by atoms with Crippen LogP contribution in [0.4, 0.5) is 10.5 Å². The quantitative estimate of drug-likeness (QED) is 0.760. The van der Waals surface area contributed by atoms with Crippen molar-refractivity contribution in [3.8, 4) is 0 Å². The number of urea groups is 1. The third kappa shape index (κ3) is 4.47. The molecule has 3 rings (SSSR count). The summed E-state index contributed by atoms with van der Waals surface area (Å²) < 4.78 is 0. The minimum absolute atomic E-state index is 0.0201. The Morgan fingerprint density at radius 1 is 1.12 bits per heavy atom. The zero-order chi connectivity index (χ0) is 16.9. The highest BCUT2D eigenvalue weighted by Gasteiger charge is 2.24. The summed E-state index contributed by atoms with van der Waals surface area (Å²) in [6.45, 7) is 1.51. The second-order valence-electron chi connectivity index (χ2n) is 6.22. The molecule has 7 heteroatoms. The molecule has 2 aliphatic rings. The molecule has 0 bridgehead atoms. The Morgan fingerprint density at radius 2 is 1.88 bits per heavy atom. The number of rotatable bonds is 5. The third-order valence-corrected chi connectivity index (χ3v) is 4.15. The van der Waals surface area contributed by atoms with Crippen LogP contribution >= 0.6 is 0 Å². The average Bonchev–Trinajstić information content (AvgIpc) is 3.22. The lowest BCUT2D eigenvalue weighted by Crippen LogP contribution is -2.40. The molecule has 0 unspecified atom stereocenters. The van der Waals surface area contributed by atoms with Gasteiger partial charge >= 0.3 is 6.03 Å². The number of carbonyl (C=O) groups is 3. The third-order valence-electron chi connectivity index (χ3n) is 4.15. The van der Waals surface area contributed by atoms with Crippen molar-refractivity contribution in [3.05, 3.63) is 29.8 Å². The van der Waals surface area contributed by atoms with Gasteiger partial charge in [-0.1, -0.05) is 6.07 Å². The normalized spacial score (nSPS) is 16.6. The summed E-state index contributed by atoms with van der Waals surface area (Å²) in [5.74, 6) is -0.203. The van der Waals surface area contributed by atoms with E-state index in [1.165, 1.54) is 0 Å². The van der Waals surface area contributed by atoms with Crippen molar-refractivity contribution in [2.24, 2.45) is 0 Å². The molecule has 1 saturated heterocycles. The zero-order valence-corrected chi connectivity index (χ0v) is 13.5. The predicted octanol–water partition coefficient (Wildman–Crippen LogP) is 1.32. The first kappa shape index (κ1) is 16.3. The van der Waals surface area contributed by atoms with Gasteiger partial charge in [-0.2, -0.15) is 0 Å². The molecule has 0 aromatic heterocycles. The molecule has 1 aliphatic carbocycles. The molecule has 1 aromatic rings. The number of nitrogens with zero attached hydrogens (tertiary/aromatic N) is 1. The van der Waals surface area contributed by atoms with Gasteiger partial charge in [0.25, 0.3) is 5.91 Å². The van der Waals surface area contributed by atoms with E-state index in [0.717, 1.165) is 38.8 Å². The number of anilines is 1. The van der Waals surface area contributed by atoms with Crippen LogP contribution in [0.25, 0.3) is 0 Å². The lowest BCUT2D eigenvalue weighted by Gasteiger charge is -2.15. The fourth-order valence-corrected chi connectivity index (χ4v) is 2.64. The van der Waals surface area contributed by atoms with Crippen molar-refractivity contribution < 1.29 is 14.4 Å². The van der Waals surface area contributed by atoms with Crippen LogP contribution in [0, 0.1) is 0 Å². The van der Waals surface area contributed by atoms with Gasteiger partial charge in [-0.15, -0.1) is 0 Å². The molecule has 0 radical (unpaired) electrons. The summed E-state index contributed by atoms with van der Waals surface area (Å²) in [7, 11) is 0. The van der Waals surface area contributed by atoms with Crippen LogP contribution in [0.3, 0.4) is 0 Å². The van der Waals surface area contributed by atoms with E-state index >= 15 is 0 Å². The van der Waals surface area contributed by atoms with Crippen molar-refractivity contribution in [1.29, 1.82) is 0 Å². The van der Waals surface area contributed by atoms with E-state index in [9.17, 15) is 14.4 Å². The molecule has 1 heterocycles. The number of hydrogen-bond donors (Lipinski definition) is 3. The minimum atomic E-state index is -0.456. The number of hydrogen-bond acceptors (Lipinski definition) is 3. The summed E-state index contributed by atoms with van der Waals surface area (Å²) in [6.07, 6.45) is 4.09. The molecule has 1 aliphatic heterocycles. The van der Waals surface area contributed by atoms with Gasteiger partial charge in [0, 0.05) is 30.4 Å². The first-order valence-corrected chi connectivity index (χ1v) is 8.35. The van der Waals surface area contributed by atoms with Gasteiger partial charge in [0.15, 0.2) is 0 Å². The van der Waals surface area contributed by atoms with Gasteiger partial charge < -0.3 is 20.9 Å². The van der Waals surface area contributed by atoms with Gasteiger partial charge in [-0.05, 0) is 43.9 Å². The van der Waals surface area contributed by atoms with E-state index < -0.39 is 6.03 Å². The van der Waals surface area contributed by atoms with Crippen LogP contribution in [0.2, 0.25) is 0 Å². The Balaban J connectivity index is 1.48. The van der Waals surface area contributed by atoms with E-state index in [2.05, 4.69) is 16.0 Å². The van der Waals surface area contributed by atoms with E-state index in [-0.39, 0.29) is 24.4 Å². The SMILES string of the molecule is O=C(NCC(=O)N1CCCC1)Nc1cccc(C(=O)NC2CC2)c1. The first-order chi connectivity index (χ1) is 11.6. The molecular formula is C17H22N4O3. The molecule has 3 N–H and O–H groups in total.